The highest BCUT2D eigenvalue weighted by Gasteiger charge is 2.02. The predicted octanol–water partition coefficient (Wildman–Crippen LogP) is 4.40. The first-order chi connectivity index (χ1) is 6.56. The minimum absolute atomic E-state index is 1.06. The molecular weight excluding hydrogens is 168 g/mol. The summed E-state index contributed by atoms with van der Waals surface area (Å²) in [7, 11) is 0. The maximum Gasteiger partial charge on any atom is -0.0155 e. The number of hydrogen-bond donors (Lipinski definition) is 0. The summed E-state index contributed by atoms with van der Waals surface area (Å²) in [4.78, 5) is 0. The first-order valence-corrected chi connectivity index (χ1v) is 4.64. The van der Waals surface area contributed by atoms with Crippen molar-refractivity contribution in [2.75, 3.05) is 0 Å². The standard InChI is InChI=1S/C14H16/c1-6-12-7-8-13(10(2)3)9-14(12)11(4)5/h6-9H,1-2,4H2,3,5H3. The van der Waals surface area contributed by atoms with Crippen molar-refractivity contribution in [2.24, 2.45) is 0 Å². The van der Waals surface area contributed by atoms with Crippen molar-refractivity contribution in [1.29, 1.82) is 0 Å². The van der Waals surface area contributed by atoms with Crippen LogP contribution in [0.1, 0.15) is 30.5 Å². The molecule has 0 heterocycles. The number of allylic oxidation sites excluding steroid dienone is 2. The Hall–Kier alpha value is -1.56. The van der Waals surface area contributed by atoms with Gasteiger partial charge in [-0.05, 0) is 36.6 Å². The van der Waals surface area contributed by atoms with Crippen LogP contribution >= 0.6 is 0 Å². The summed E-state index contributed by atoms with van der Waals surface area (Å²) in [5, 5.41) is 0. The van der Waals surface area contributed by atoms with E-state index in [0.717, 1.165) is 27.8 Å². The molecule has 0 nitrogen and oxygen atoms in total. The smallest absolute Gasteiger partial charge is 0.0155 e. The van der Waals surface area contributed by atoms with Crippen LogP contribution in [0.5, 0.6) is 0 Å². The molecule has 0 amide bonds. The molecule has 0 N–H and O–H groups in total. The van der Waals surface area contributed by atoms with Gasteiger partial charge >= 0.3 is 0 Å². The number of benzene rings is 1. The van der Waals surface area contributed by atoms with Gasteiger partial charge in [0.15, 0.2) is 0 Å². The highest BCUT2D eigenvalue weighted by atomic mass is 14.1. The Morgan fingerprint density at radius 1 is 1.14 bits per heavy atom. The molecule has 0 unspecified atom stereocenters. The van der Waals surface area contributed by atoms with Gasteiger partial charge in [0, 0.05) is 0 Å². The summed E-state index contributed by atoms with van der Waals surface area (Å²) in [5.74, 6) is 0. The predicted molar refractivity (Wildman–Crippen MR) is 65.9 cm³/mol. The van der Waals surface area contributed by atoms with E-state index in [9.17, 15) is 0 Å². The summed E-state index contributed by atoms with van der Waals surface area (Å²) < 4.78 is 0. The second-order valence-corrected chi connectivity index (χ2v) is 3.57. The van der Waals surface area contributed by atoms with Gasteiger partial charge in [0.25, 0.3) is 0 Å². The summed E-state index contributed by atoms with van der Waals surface area (Å²) in [6.07, 6.45) is 1.85. The largest absolute Gasteiger partial charge is 0.0984 e. The maximum absolute atomic E-state index is 3.96. The van der Waals surface area contributed by atoms with E-state index in [1.165, 1.54) is 0 Å². The summed E-state index contributed by atoms with van der Waals surface area (Å²) in [6.45, 7) is 15.7. The van der Waals surface area contributed by atoms with Crippen molar-refractivity contribution in [3.05, 3.63) is 54.6 Å². The summed E-state index contributed by atoms with van der Waals surface area (Å²) in [6, 6.07) is 6.23. The molecule has 0 bridgehead atoms. The molecule has 0 radical (unpaired) electrons. The molecule has 14 heavy (non-hydrogen) atoms. The van der Waals surface area contributed by atoms with E-state index in [4.69, 9.17) is 0 Å². The van der Waals surface area contributed by atoms with Crippen molar-refractivity contribution >= 4 is 17.2 Å². The van der Waals surface area contributed by atoms with Gasteiger partial charge in [0.1, 0.15) is 0 Å². The van der Waals surface area contributed by atoms with E-state index >= 15 is 0 Å². The van der Waals surface area contributed by atoms with Gasteiger partial charge in [-0.15, -0.1) is 0 Å². The maximum atomic E-state index is 3.96. The van der Waals surface area contributed by atoms with E-state index < -0.39 is 0 Å². The Morgan fingerprint density at radius 2 is 1.79 bits per heavy atom. The van der Waals surface area contributed by atoms with Crippen LogP contribution in [0.3, 0.4) is 0 Å². The molecule has 1 rings (SSSR count). The normalized spacial score (nSPS) is 9.57. The fourth-order valence-electron chi connectivity index (χ4n) is 1.37. The second kappa shape index (κ2) is 4.10. The molecule has 0 spiro atoms. The van der Waals surface area contributed by atoms with E-state index in [0.29, 0.717) is 0 Å². The Kier molecular flexibility index (Phi) is 3.08. The zero-order valence-electron chi connectivity index (χ0n) is 8.93. The van der Waals surface area contributed by atoms with Gasteiger partial charge < -0.3 is 0 Å². The van der Waals surface area contributed by atoms with E-state index in [-0.39, 0.29) is 0 Å². The van der Waals surface area contributed by atoms with Crippen LogP contribution in [0.2, 0.25) is 0 Å². The van der Waals surface area contributed by atoms with Crippen LogP contribution in [0, 0.1) is 0 Å². The average Bonchev–Trinajstić information content (AvgIpc) is 2.16. The quantitative estimate of drug-likeness (QED) is 0.653. The van der Waals surface area contributed by atoms with Crippen LogP contribution < -0.4 is 0 Å². The minimum atomic E-state index is 1.06. The first-order valence-electron chi connectivity index (χ1n) is 4.64. The summed E-state index contributed by atoms with van der Waals surface area (Å²) in [5.41, 5.74) is 5.57. The lowest BCUT2D eigenvalue weighted by atomic mass is 9.97. The highest BCUT2D eigenvalue weighted by molar-refractivity contribution is 5.75. The first kappa shape index (κ1) is 10.5. The van der Waals surface area contributed by atoms with Gasteiger partial charge in [-0.25, -0.2) is 0 Å². The third kappa shape index (κ3) is 2.02. The SMILES string of the molecule is C=Cc1ccc(C(=C)C)cc1C(=C)C. The van der Waals surface area contributed by atoms with Gasteiger partial charge in [0.2, 0.25) is 0 Å². The average molecular weight is 184 g/mol. The van der Waals surface area contributed by atoms with Gasteiger partial charge in [-0.1, -0.05) is 49.1 Å². The Bertz CT molecular complexity index is 394. The zero-order valence-corrected chi connectivity index (χ0v) is 8.93. The molecule has 0 fully saturated rings. The van der Waals surface area contributed by atoms with Crippen LogP contribution in [0.15, 0.2) is 37.9 Å². The molecular formula is C14H16. The lowest BCUT2D eigenvalue weighted by Gasteiger charge is -2.08. The van der Waals surface area contributed by atoms with Crippen LogP contribution in [-0.2, 0) is 0 Å². The molecule has 72 valence electrons. The summed E-state index contributed by atoms with van der Waals surface area (Å²) >= 11 is 0. The van der Waals surface area contributed by atoms with Crippen molar-refractivity contribution in [3.8, 4) is 0 Å². The molecule has 0 saturated carbocycles. The topological polar surface area (TPSA) is 0 Å². The van der Waals surface area contributed by atoms with Crippen molar-refractivity contribution in [1.82, 2.24) is 0 Å². The van der Waals surface area contributed by atoms with Crippen LogP contribution in [-0.4, -0.2) is 0 Å². The van der Waals surface area contributed by atoms with E-state index in [2.05, 4.69) is 37.9 Å². The van der Waals surface area contributed by atoms with Crippen molar-refractivity contribution in [3.63, 3.8) is 0 Å². The molecule has 0 aliphatic carbocycles. The Morgan fingerprint density at radius 3 is 2.21 bits per heavy atom. The molecule has 0 aliphatic rings. The number of rotatable bonds is 3. The van der Waals surface area contributed by atoms with E-state index in [1.54, 1.807) is 0 Å². The molecule has 0 aromatic heterocycles. The van der Waals surface area contributed by atoms with Crippen molar-refractivity contribution in [2.45, 2.75) is 13.8 Å². The molecule has 1 aromatic carbocycles. The minimum Gasteiger partial charge on any atom is -0.0984 e. The molecule has 0 saturated heterocycles. The zero-order chi connectivity index (χ0) is 10.7. The highest BCUT2D eigenvalue weighted by Crippen LogP contribution is 2.23. The van der Waals surface area contributed by atoms with Gasteiger partial charge in [-0.2, -0.15) is 0 Å². The van der Waals surface area contributed by atoms with E-state index in [1.807, 2.05) is 19.9 Å². The molecule has 0 heteroatoms. The fraction of sp³-hybridized carbons (Fsp3) is 0.143. The third-order valence-electron chi connectivity index (χ3n) is 2.23. The number of hydrogen-bond acceptors (Lipinski definition) is 0. The lowest BCUT2D eigenvalue weighted by Crippen LogP contribution is -1.87. The molecule has 0 atom stereocenters. The fourth-order valence-corrected chi connectivity index (χ4v) is 1.37. The van der Waals surface area contributed by atoms with Crippen LogP contribution in [0.4, 0.5) is 0 Å². The molecule has 0 aliphatic heterocycles. The van der Waals surface area contributed by atoms with Gasteiger partial charge in [0.05, 0.1) is 0 Å². The Balaban J connectivity index is 3.34. The monoisotopic (exact) mass is 184 g/mol. The Labute approximate surface area is 86.3 Å². The molecule has 1 aromatic rings. The van der Waals surface area contributed by atoms with Crippen LogP contribution in [0.25, 0.3) is 17.2 Å². The van der Waals surface area contributed by atoms with Crippen molar-refractivity contribution < 1.29 is 0 Å². The second-order valence-electron chi connectivity index (χ2n) is 3.57. The third-order valence-corrected chi connectivity index (χ3v) is 2.23. The van der Waals surface area contributed by atoms with Gasteiger partial charge in [-0.3, -0.25) is 0 Å². The lowest BCUT2D eigenvalue weighted by molar-refractivity contribution is 1.50.